The highest BCUT2D eigenvalue weighted by molar-refractivity contribution is 6.31. The fourth-order valence-electron chi connectivity index (χ4n) is 1.81. The lowest BCUT2D eigenvalue weighted by molar-refractivity contribution is -0.119. The number of carbonyl (C=O) groups excluding carboxylic acids is 1. The first kappa shape index (κ1) is 13.1. The van der Waals surface area contributed by atoms with Gasteiger partial charge >= 0.3 is 0 Å². The molecule has 1 heterocycles. The summed E-state index contributed by atoms with van der Waals surface area (Å²) in [6.07, 6.45) is -0.807. The van der Waals surface area contributed by atoms with Gasteiger partial charge in [0.05, 0.1) is 19.3 Å². The lowest BCUT2D eigenvalue weighted by atomic mass is 10.2. The molecule has 1 aromatic carbocycles. The van der Waals surface area contributed by atoms with E-state index >= 15 is 0 Å². The van der Waals surface area contributed by atoms with E-state index in [1.165, 1.54) is 7.11 Å². The number of hydrogen-bond acceptors (Lipinski definition) is 3. The molecule has 18 heavy (non-hydrogen) atoms. The van der Waals surface area contributed by atoms with Crippen LogP contribution < -0.4 is 10.1 Å². The number of nitrogens with one attached hydrogen (secondary N) is 1. The van der Waals surface area contributed by atoms with E-state index in [2.05, 4.69) is 5.32 Å². The van der Waals surface area contributed by atoms with Gasteiger partial charge in [-0.15, -0.1) is 0 Å². The summed E-state index contributed by atoms with van der Waals surface area (Å²) in [6.45, 7) is 0.816. The van der Waals surface area contributed by atoms with Crippen molar-refractivity contribution in [1.29, 1.82) is 0 Å². The van der Waals surface area contributed by atoms with E-state index in [1.807, 2.05) is 0 Å². The molecule has 1 amide bonds. The first-order valence-corrected chi connectivity index (χ1v) is 5.96. The number of amides is 1. The Hall–Kier alpha value is -1.33. The molecule has 0 saturated carbocycles. The van der Waals surface area contributed by atoms with Gasteiger partial charge in [-0.3, -0.25) is 9.69 Å². The van der Waals surface area contributed by atoms with E-state index in [-0.39, 0.29) is 12.5 Å². The predicted octanol–water partition coefficient (Wildman–Crippen LogP) is 1.94. The molecular weight excluding hydrogens is 259 g/mol. The molecule has 0 aromatic heterocycles. The molecule has 0 atom stereocenters. The second kappa shape index (κ2) is 5.54. The van der Waals surface area contributed by atoms with Crippen LogP contribution in [0.15, 0.2) is 18.2 Å². The molecular formula is C12H14ClFN2O2. The standard InChI is InChI=1S/C12H14ClFN2O2/c1-18-11-3-2-8(13)4-10(11)15-12(17)7-16-5-9(14)6-16/h2-4,9H,5-7H2,1H3,(H,15,17). The molecule has 4 nitrogen and oxygen atoms in total. The summed E-state index contributed by atoms with van der Waals surface area (Å²) in [6, 6.07) is 4.98. The highest BCUT2D eigenvalue weighted by Crippen LogP contribution is 2.27. The number of hydrogen-bond donors (Lipinski definition) is 1. The summed E-state index contributed by atoms with van der Waals surface area (Å²) in [5.74, 6) is 0.335. The lowest BCUT2D eigenvalue weighted by Gasteiger charge is -2.33. The first-order chi connectivity index (χ1) is 8.58. The maximum absolute atomic E-state index is 12.6. The predicted molar refractivity (Wildman–Crippen MR) is 68.0 cm³/mol. The number of halogens is 2. The number of carbonyl (C=O) groups is 1. The third-order valence-electron chi connectivity index (χ3n) is 2.72. The highest BCUT2D eigenvalue weighted by atomic mass is 35.5. The number of benzene rings is 1. The van der Waals surface area contributed by atoms with Crippen LogP contribution in [-0.2, 0) is 4.79 Å². The second-order valence-corrected chi connectivity index (χ2v) is 4.62. The molecule has 0 unspecified atom stereocenters. The van der Waals surface area contributed by atoms with E-state index in [1.54, 1.807) is 23.1 Å². The average Bonchev–Trinajstić information content (AvgIpc) is 2.27. The summed E-state index contributed by atoms with van der Waals surface area (Å²) < 4.78 is 17.7. The molecule has 0 spiro atoms. The summed E-state index contributed by atoms with van der Waals surface area (Å²) in [5.41, 5.74) is 0.521. The van der Waals surface area contributed by atoms with Crippen LogP contribution in [0, 0.1) is 0 Å². The van der Waals surface area contributed by atoms with Gasteiger partial charge in [-0.05, 0) is 18.2 Å². The van der Waals surface area contributed by atoms with E-state index in [4.69, 9.17) is 16.3 Å². The maximum Gasteiger partial charge on any atom is 0.238 e. The van der Waals surface area contributed by atoms with E-state index in [9.17, 15) is 9.18 Å². The maximum atomic E-state index is 12.6. The Labute approximate surface area is 110 Å². The van der Waals surface area contributed by atoms with Crippen molar-refractivity contribution in [3.05, 3.63) is 23.2 Å². The van der Waals surface area contributed by atoms with Crippen LogP contribution in [0.5, 0.6) is 5.75 Å². The van der Waals surface area contributed by atoms with Crippen LogP contribution in [0.3, 0.4) is 0 Å². The van der Waals surface area contributed by atoms with Crippen molar-refractivity contribution in [3.8, 4) is 5.75 Å². The first-order valence-electron chi connectivity index (χ1n) is 5.58. The monoisotopic (exact) mass is 272 g/mol. The average molecular weight is 273 g/mol. The van der Waals surface area contributed by atoms with Crippen LogP contribution in [0.1, 0.15) is 0 Å². The Kier molecular flexibility index (Phi) is 4.04. The molecule has 1 fully saturated rings. The molecule has 1 saturated heterocycles. The number of nitrogens with zero attached hydrogens (tertiary/aromatic N) is 1. The zero-order valence-electron chi connectivity index (χ0n) is 9.95. The topological polar surface area (TPSA) is 41.6 Å². The van der Waals surface area contributed by atoms with Gasteiger partial charge < -0.3 is 10.1 Å². The molecule has 1 aliphatic heterocycles. The minimum Gasteiger partial charge on any atom is -0.495 e. The van der Waals surface area contributed by atoms with Gasteiger partial charge in [-0.1, -0.05) is 11.6 Å². The van der Waals surface area contributed by atoms with Crippen molar-refractivity contribution >= 4 is 23.2 Å². The molecule has 0 aliphatic carbocycles. The fraction of sp³-hybridized carbons (Fsp3) is 0.417. The minimum absolute atomic E-state index is 0.177. The molecule has 1 aliphatic rings. The Morgan fingerprint density at radius 1 is 1.61 bits per heavy atom. The van der Waals surface area contributed by atoms with Gasteiger partial charge in [0.1, 0.15) is 11.9 Å². The van der Waals surface area contributed by atoms with Crippen molar-refractivity contribution in [2.45, 2.75) is 6.17 Å². The van der Waals surface area contributed by atoms with Crippen LogP contribution in [0.2, 0.25) is 5.02 Å². The second-order valence-electron chi connectivity index (χ2n) is 4.18. The number of rotatable bonds is 4. The molecule has 2 rings (SSSR count). The van der Waals surface area contributed by atoms with E-state index < -0.39 is 6.17 Å². The molecule has 1 N–H and O–H groups in total. The van der Waals surface area contributed by atoms with Crippen LogP contribution in [0.25, 0.3) is 0 Å². The van der Waals surface area contributed by atoms with Crippen molar-refractivity contribution < 1.29 is 13.9 Å². The van der Waals surface area contributed by atoms with Gasteiger partial charge in [-0.2, -0.15) is 0 Å². The van der Waals surface area contributed by atoms with Gasteiger partial charge in [-0.25, -0.2) is 4.39 Å². The zero-order valence-corrected chi connectivity index (χ0v) is 10.7. The van der Waals surface area contributed by atoms with E-state index in [0.717, 1.165) is 0 Å². The number of likely N-dealkylation sites (tertiary alicyclic amines) is 1. The molecule has 0 radical (unpaired) electrons. The molecule has 1 aromatic rings. The Morgan fingerprint density at radius 2 is 2.33 bits per heavy atom. The van der Waals surface area contributed by atoms with Crippen LogP contribution >= 0.6 is 11.6 Å². The normalized spacial score (nSPS) is 16.2. The van der Waals surface area contributed by atoms with Crippen molar-refractivity contribution in [2.75, 3.05) is 32.1 Å². The zero-order chi connectivity index (χ0) is 13.1. The third kappa shape index (κ3) is 3.11. The SMILES string of the molecule is COc1ccc(Cl)cc1NC(=O)CN1CC(F)C1. The van der Waals surface area contributed by atoms with Gasteiger partial charge in [0.25, 0.3) is 0 Å². The van der Waals surface area contributed by atoms with Crippen LogP contribution in [0.4, 0.5) is 10.1 Å². The summed E-state index contributed by atoms with van der Waals surface area (Å²) >= 11 is 5.85. The number of methoxy groups -OCH3 is 1. The molecule has 98 valence electrons. The highest BCUT2D eigenvalue weighted by Gasteiger charge is 2.27. The number of alkyl halides is 1. The third-order valence-corrected chi connectivity index (χ3v) is 2.95. The smallest absolute Gasteiger partial charge is 0.238 e. The largest absolute Gasteiger partial charge is 0.495 e. The van der Waals surface area contributed by atoms with Crippen molar-refractivity contribution in [1.82, 2.24) is 4.90 Å². The van der Waals surface area contributed by atoms with Crippen LogP contribution in [-0.4, -0.2) is 43.7 Å². The van der Waals surface area contributed by atoms with E-state index in [0.29, 0.717) is 29.5 Å². The van der Waals surface area contributed by atoms with Gasteiger partial charge in [0, 0.05) is 18.1 Å². The molecule has 6 heteroatoms. The quantitative estimate of drug-likeness (QED) is 0.911. The lowest BCUT2D eigenvalue weighted by Crippen LogP contribution is -2.51. The fourth-order valence-corrected chi connectivity index (χ4v) is 1.98. The Morgan fingerprint density at radius 3 is 2.94 bits per heavy atom. The van der Waals surface area contributed by atoms with Crippen molar-refractivity contribution in [2.24, 2.45) is 0 Å². The summed E-state index contributed by atoms with van der Waals surface area (Å²) in [5, 5.41) is 3.22. The van der Waals surface area contributed by atoms with Gasteiger partial charge in [0.15, 0.2) is 0 Å². The summed E-state index contributed by atoms with van der Waals surface area (Å²) in [7, 11) is 1.52. The van der Waals surface area contributed by atoms with Gasteiger partial charge in [0.2, 0.25) is 5.91 Å². The minimum atomic E-state index is -0.807. The Balaban J connectivity index is 1.95. The van der Waals surface area contributed by atoms with Crippen molar-refractivity contribution in [3.63, 3.8) is 0 Å². The number of ether oxygens (including phenoxy) is 1. The number of anilines is 1. The summed E-state index contributed by atoms with van der Waals surface area (Å²) in [4.78, 5) is 13.5. The Bertz CT molecular complexity index is 450. The molecule has 0 bridgehead atoms.